The second-order valence-electron chi connectivity index (χ2n) is 6.76. The number of hydrogen-bond acceptors (Lipinski definition) is 4. The molecule has 2 heterocycles. The lowest BCUT2D eigenvalue weighted by molar-refractivity contribution is -0.161. The number of likely N-dealkylation sites (tertiary alicyclic amines) is 1. The second kappa shape index (κ2) is 6.46. The molecule has 1 aromatic rings. The van der Waals surface area contributed by atoms with E-state index in [0.717, 1.165) is 12.8 Å². The highest BCUT2D eigenvalue weighted by molar-refractivity contribution is 5.95. The lowest BCUT2D eigenvalue weighted by atomic mass is 9.97. The first kappa shape index (κ1) is 16.5. The van der Waals surface area contributed by atoms with Crippen LogP contribution in [0, 0.1) is 12.8 Å². The highest BCUT2D eigenvalue weighted by Gasteiger charge is 2.32. The number of piperidine rings is 1. The van der Waals surface area contributed by atoms with Gasteiger partial charge in [-0.15, -0.1) is 0 Å². The van der Waals surface area contributed by atoms with Crippen molar-refractivity contribution in [1.82, 2.24) is 9.88 Å². The van der Waals surface area contributed by atoms with Crippen molar-refractivity contribution in [2.24, 2.45) is 5.92 Å². The monoisotopic (exact) mass is 304 g/mol. The Hall–Kier alpha value is -1.91. The van der Waals surface area contributed by atoms with Crippen molar-refractivity contribution in [3.63, 3.8) is 0 Å². The number of aryl methyl sites for hydroxylation is 1. The van der Waals surface area contributed by atoms with E-state index >= 15 is 0 Å². The molecule has 5 nitrogen and oxygen atoms in total. The predicted octanol–water partition coefficient (Wildman–Crippen LogP) is 2.58. The summed E-state index contributed by atoms with van der Waals surface area (Å²) in [6.07, 6.45) is 3.26. The molecule has 1 aliphatic heterocycles. The molecular weight excluding hydrogens is 280 g/mol. The Morgan fingerprint density at radius 2 is 2.09 bits per heavy atom. The van der Waals surface area contributed by atoms with E-state index < -0.39 is 5.60 Å². The van der Waals surface area contributed by atoms with Crippen LogP contribution in [0.25, 0.3) is 0 Å². The van der Waals surface area contributed by atoms with Crippen LogP contribution in [-0.4, -0.2) is 40.5 Å². The van der Waals surface area contributed by atoms with Crippen molar-refractivity contribution in [3.05, 3.63) is 29.6 Å². The Labute approximate surface area is 131 Å². The maximum Gasteiger partial charge on any atom is 0.311 e. The largest absolute Gasteiger partial charge is 0.460 e. The smallest absolute Gasteiger partial charge is 0.311 e. The Morgan fingerprint density at radius 3 is 2.73 bits per heavy atom. The number of amides is 1. The zero-order valence-electron chi connectivity index (χ0n) is 13.8. The zero-order valence-corrected chi connectivity index (χ0v) is 13.8. The maximum atomic E-state index is 12.6. The summed E-state index contributed by atoms with van der Waals surface area (Å²) in [5.41, 5.74) is 0.822. The van der Waals surface area contributed by atoms with Crippen molar-refractivity contribution >= 4 is 11.9 Å². The topological polar surface area (TPSA) is 59.5 Å². The molecule has 120 valence electrons. The van der Waals surface area contributed by atoms with Crippen LogP contribution in [0.5, 0.6) is 0 Å². The van der Waals surface area contributed by atoms with Gasteiger partial charge < -0.3 is 9.64 Å². The summed E-state index contributed by atoms with van der Waals surface area (Å²) in [6.45, 7) is 8.48. The number of carbonyl (C=O) groups excluding carboxylic acids is 2. The highest BCUT2D eigenvalue weighted by Crippen LogP contribution is 2.22. The molecule has 22 heavy (non-hydrogen) atoms. The summed E-state index contributed by atoms with van der Waals surface area (Å²) in [6, 6.07) is 3.54. The number of hydrogen-bond donors (Lipinski definition) is 0. The van der Waals surface area contributed by atoms with E-state index in [1.807, 2.05) is 27.7 Å². The van der Waals surface area contributed by atoms with Gasteiger partial charge in [-0.3, -0.25) is 14.6 Å². The summed E-state index contributed by atoms with van der Waals surface area (Å²) >= 11 is 0. The van der Waals surface area contributed by atoms with Gasteiger partial charge in [0.05, 0.1) is 11.5 Å². The first-order valence-electron chi connectivity index (χ1n) is 7.71. The lowest BCUT2D eigenvalue weighted by Gasteiger charge is -2.33. The predicted molar refractivity (Wildman–Crippen MR) is 83.4 cm³/mol. The van der Waals surface area contributed by atoms with Gasteiger partial charge in [0.1, 0.15) is 5.60 Å². The molecule has 0 saturated carbocycles. The minimum absolute atomic E-state index is 0.0566. The molecule has 0 spiro atoms. The fourth-order valence-corrected chi connectivity index (χ4v) is 2.62. The zero-order chi connectivity index (χ0) is 16.3. The van der Waals surface area contributed by atoms with Crippen molar-refractivity contribution in [3.8, 4) is 0 Å². The van der Waals surface area contributed by atoms with E-state index in [2.05, 4.69) is 4.98 Å². The van der Waals surface area contributed by atoms with Crippen LogP contribution in [0.2, 0.25) is 0 Å². The highest BCUT2D eigenvalue weighted by atomic mass is 16.6. The summed E-state index contributed by atoms with van der Waals surface area (Å²) in [5.74, 6) is -0.513. The maximum absolute atomic E-state index is 12.6. The van der Waals surface area contributed by atoms with E-state index in [-0.39, 0.29) is 17.8 Å². The molecule has 1 fully saturated rings. The number of ether oxygens (including phenoxy) is 1. The summed E-state index contributed by atoms with van der Waals surface area (Å²) in [7, 11) is 0. The third kappa shape index (κ3) is 4.06. The Kier molecular flexibility index (Phi) is 4.84. The van der Waals surface area contributed by atoms with Crippen molar-refractivity contribution in [2.45, 2.75) is 46.1 Å². The van der Waals surface area contributed by atoms with E-state index in [9.17, 15) is 9.59 Å². The fraction of sp³-hybridized carbons (Fsp3) is 0.588. The molecular formula is C17H24N2O3. The molecule has 2 rings (SSSR count). The molecule has 0 N–H and O–H groups in total. The Bertz CT molecular complexity index is 563. The number of aromatic nitrogens is 1. The first-order valence-corrected chi connectivity index (χ1v) is 7.71. The van der Waals surface area contributed by atoms with Gasteiger partial charge in [-0.2, -0.15) is 0 Å². The molecule has 0 radical (unpaired) electrons. The number of pyridine rings is 1. The van der Waals surface area contributed by atoms with E-state index in [4.69, 9.17) is 4.74 Å². The average molecular weight is 304 g/mol. The fourth-order valence-electron chi connectivity index (χ4n) is 2.62. The number of esters is 1. The van der Waals surface area contributed by atoms with E-state index in [1.54, 1.807) is 23.2 Å². The Balaban J connectivity index is 2.06. The van der Waals surface area contributed by atoms with Gasteiger partial charge >= 0.3 is 5.97 Å². The van der Waals surface area contributed by atoms with E-state index in [0.29, 0.717) is 24.3 Å². The van der Waals surface area contributed by atoms with Gasteiger partial charge in [-0.25, -0.2) is 0 Å². The molecule has 1 amide bonds. The van der Waals surface area contributed by atoms with Crippen LogP contribution < -0.4 is 0 Å². The normalized spacial score (nSPS) is 18.9. The molecule has 1 aromatic heterocycles. The van der Waals surface area contributed by atoms with Crippen LogP contribution in [0.3, 0.4) is 0 Å². The van der Waals surface area contributed by atoms with Gasteiger partial charge in [-0.05, 0) is 52.7 Å². The molecule has 0 aliphatic carbocycles. The second-order valence-corrected chi connectivity index (χ2v) is 6.76. The molecule has 1 aliphatic rings. The molecule has 1 unspecified atom stereocenters. The van der Waals surface area contributed by atoms with E-state index in [1.165, 1.54) is 0 Å². The van der Waals surface area contributed by atoms with Crippen LogP contribution >= 0.6 is 0 Å². The number of rotatable bonds is 2. The summed E-state index contributed by atoms with van der Waals surface area (Å²) < 4.78 is 5.45. The molecule has 1 saturated heterocycles. The quantitative estimate of drug-likeness (QED) is 0.788. The van der Waals surface area contributed by atoms with Crippen LogP contribution in [0.4, 0.5) is 0 Å². The first-order chi connectivity index (χ1) is 10.3. The van der Waals surface area contributed by atoms with Crippen LogP contribution in [-0.2, 0) is 9.53 Å². The molecule has 5 heteroatoms. The third-order valence-electron chi connectivity index (χ3n) is 3.69. The number of carbonyl (C=O) groups is 2. The van der Waals surface area contributed by atoms with Gasteiger partial charge in [-0.1, -0.05) is 0 Å². The van der Waals surface area contributed by atoms with Crippen LogP contribution in [0.1, 0.15) is 49.7 Å². The van der Waals surface area contributed by atoms with Crippen LogP contribution in [0.15, 0.2) is 18.3 Å². The summed E-state index contributed by atoms with van der Waals surface area (Å²) in [4.78, 5) is 30.7. The van der Waals surface area contributed by atoms with Crippen molar-refractivity contribution in [2.75, 3.05) is 13.1 Å². The van der Waals surface area contributed by atoms with Gasteiger partial charge in [0.2, 0.25) is 0 Å². The summed E-state index contributed by atoms with van der Waals surface area (Å²) in [5, 5.41) is 0. The lowest BCUT2D eigenvalue weighted by Crippen LogP contribution is -2.44. The Morgan fingerprint density at radius 1 is 1.36 bits per heavy atom. The number of nitrogens with zero attached hydrogens (tertiary/aromatic N) is 2. The molecule has 0 aromatic carbocycles. The minimum Gasteiger partial charge on any atom is -0.460 e. The minimum atomic E-state index is -0.497. The molecule has 0 bridgehead atoms. The molecule has 1 atom stereocenters. The van der Waals surface area contributed by atoms with Gasteiger partial charge in [0.25, 0.3) is 5.91 Å². The van der Waals surface area contributed by atoms with Gasteiger partial charge in [0.15, 0.2) is 0 Å². The van der Waals surface area contributed by atoms with Crippen molar-refractivity contribution < 1.29 is 14.3 Å². The van der Waals surface area contributed by atoms with Gasteiger partial charge in [0, 0.05) is 25.0 Å². The third-order valence-corrected chi connectivity index (χ3v) is 3.69. The van der Waals surface area contributed by atoms with Crippen molar-refractivity contribution in [1.29, 1.82) is 0 Å². The average Bonchev–Trinajstić information content (AvgIpc) is 2.45. The standard InChI is InChI=1S/C17H24N2O3/c1-12-14(8-5-9-18-12)15(20)19-10-6-7-13(11-19)16(21)22-17(2,3)4/h5,8-9,13H,6-7,10-11H2,1-4H3. The SMILES string of the molecule is Cc1ncccc1C(=O)N1CCCC(C(=O)OC(C)(C)C)C1.